The zero-order valence-corrected chi connectivity index (χ0v) is 14.4. The Balaban J connectivity index is 2.35. The maximum atomic E-state index is 4.99. The molecule has 0 bridgehead atoms. The lowest BCUT2D eigenvalue weighted by molar-refractivity contribution is 0.519. The van der Waals surface area contributed by atoms with Crippen molar-refractivity contribution in [2.45, 2.75) is 33.7 Å². The molecule has 7 heteroatoms. The number of thiocarbonyl (C=S) groups is 1. The molecule has 2 heterocycles. The molecule has 0 atom stereocenters. The van der Waals surface area contributed by atoms with Crippen LogP contribution in [0.1, 0.15) is 36.8 Å². The van der Waals surface area contributed by atoms with E-state index in [4.69, 9.17) is 12.2 Å². The van der Waals surface area contributed by atoms with E-state index < -0.39 is 0 Å². The van der Waals surface area contributed by atoms with E-state index in [1.807, 2.05) is 16.9 Å². The molecule has 0 spiro atoms. The Kier molecular flexibility index (Phi) is 4.97. The van der Waals surface area contributed by atoms with Gasteiger partial charge in [-0.25, -0.2) is 4.68 Å². The van der Waals surface area contributed by atoms with Crippen molar-refractivity contribution in [2.24, 2.45) is 5.10 Å². The number of hydrogen-bond acceptors (Lipinski definition) is 3. The van der Waals surface area contributed by atoms with Crippen LogP contribution < -0.4 is 10.7 Å². The molecule has 0 fully saturated rings. The van der Waals surface area contributed by atoms with Gasteiger partial charge >= 0.3 is 0 Å². The fourth-order valence-corrected chi connectivity index (χ4v) is 2.42. The zero-order chi connectivity index (χ0) is 16.3. The quantitative estimate of drug-likeness (QED) is 0.516. The number of aryl methyl sites for hydroxylation is 1. The van der Waals surface area contributed by atoms with Crippen molar-refractivity contribution in [2.75, 3.05) is 7.05 Å². The summed E-state index contributed by atoms with van der Waals surface area (Å²) in [7, 11) is 1.75. The van der Waals surface area contributed by atoms with Gasteiger partial charge in [-0.2, -0.15) is 10.2 Å². The minimum atomic E-state index is 0.304. The van der Waals surface area contributed by atoms with E-state index in [1.165, 1.54) is 0 Å². The molecular formula is C15H22N6S. The van der Waals surface area contributed by atoms with Crippen molar-refractivity contribution in [3.05, 3.63) is 35.3 Å². The molecule has 0 aliphatic carbocycles. The summed E-state index contributed by atoms with van der Waals surface area (Å²) in [6, 6.07) is 4.42. The molecular weight excluding hydrogens is 296 g/mol. The van der Waals surface area contributed by atoms with Gasteiger partial charge in [-0.05, 0) is 46.0 Å². The Morgan fingerprint density at radius 1 is 1.41 bits per heavy atom. The third-order valence-corrected chi connectivity index (χ3v) is 3.73. The lowest BCUT2D eigenvalue weighted by Gasteiger charge is -2.15. The summed E-state index contributed by atoms with van der Waals surface area (Å²) >= 11 is 4.99. The fraction of sp³-hybridized carbons (Fsp3) is 0.400. The van der Waals surface area contributed by atoms with Crippen molar-refractivity contribution in [3.8, 4) is 5.82 Å². The van der Waals surface area contributed by atoms with Gasteiger partial charge in [-0.1, -0.05) is 0 Å². The van der Waals surface area contributed by atoms with E-state index >= 15 is 0 Å². The molecule has 0 saturated heterocycles. The largest absolute Gasteiger partial charge is 0.364 e. The predicted octanol–water partition coefficient (Wildman–Crippen LogP) is 2.30. The lowest BCUT2D eigenvalue weighted by Crippen LogP contribution is -2.28. The predicted molar refractivity (Wildman–Crippen MR) is 93.8 cm³/mol. The first kappa shape index (κ1) is 16.2. The van der Waals surface area contributed by atoms with Gasteiger partial charge in [0.05, 0.1) is 12.4 Å². The second-order valence-electron chi connectivity index (χ2n) is 5.34. The molecule has 2 rings (SSSR count). The van der Waals surface area contributed by atoms with Crippen molar-refractivity contribution in [1.82, 2.24) is 25.1 Å². The molecule has 0 saturated carbocycles. The van der Waals surface area contributed by atoms with E-state index in [2.05, 4.69) is 59.3 Å². The molecule has 0 aliphatic rings. The molecule has 2 aromatic heterocycles. The molecule has 0 radical (unpaired) electrons. The highest BCUT2D eigenvalue weighted by Crippen LogP contribution is 2.21. The summed E-state index contributed by atoms with van der Waals surface area (Å²) in [5.74, 6) is 1.06. The highest BCUT2D eigenvalue weighted by molar-refractivity contribution is 7.80. The van der Waals surface area contributed by atoms with Crippen molar-refractivity contribution in [1.29, 1.82) is 0 Å². The summed E-state index contributed by atoms with van der Waals surface area (Å²) in [4.78, 5) is 0. The van der Waals surface area contributed by atoms with Crippen LogP contribution in [-0.4, -0.2) is 32.7 Å². The van der Waals surface area contributed by atoms with Gasteiger partial charge in [0.15, 0.2) is 5.11 Å². The molecule has 22 heavy (non-hydrogen) atoms. The Bertz CT molecular complexity index is 695. The van der Waals surface area contributed by atoms with Crippen LogP contribution in [0.2, 0.25) is 0 Å². The highest BCUT2D eigenvalue weighted by Gasteiger charge is 2.14. The second kappa shape index (κ2) is 6.74. The monoisotopic (exact) mass is 318 g/mol. The van der Waals surface area contributed by atoms with Crippen LogP contribution in [0.3, 0.4) is 0 Å². The summed E-state index contributed by atoms with van der Waals surface area (Å²) < 4.78 is 4.19. The molecule has 2 aromatic rings. The van der Waals surface area contributed by atoms with E-state index in [1.54, 1.807) is 13.3 Å². The number of nitrogens with zero attached hydrogens (tertiary/aromatic N) is 4. The van der Waals surface area contributed by atoms with Crippen molar-refractivity contribution in [3.63, 3.8) is 0 Å². The maximum Gasteiger partial charge on any atom is 0.186 e. The highest BCUT2D eigenvalue weighted by atomic mass is 32.1. The fourth-order valence-electron chi connectivity index (χ4n) is 2.37. The van der Waals surface area contributed by atoms with Crippen LogP contribution in [0.25, 0.3) is 5.82 Å². The second-order valence-corrected chi connectivity index (χ2v) is 5.75. The van der Waals surface area contributed by atoms with E-state index in [9.17, 15) is 0 Å². The van der Waals surface area contributed by atoms with Crippen LogP contribution in [-0.2, 0) is 0 Å². The van der Waals surface area contributed by atoms with Crippen LogP contribution in [0.15, 0.2) is 23.4 Å². The van der Waals surface area contributed by atoms with Crippen LogP contribution >= 0.6 is 12.2 Å². The SMILES string of the molecule is CNC(=S)N/N=C\c1cc(C)n(-c2ccnn2C(C)C)c1C. The number of nitrogens with one attached hydrogen (secondary N) is 2. The van der Waals surface area contributed by atoms with Gasteiger partial charge in [0.2, 0.25) is 0 Å². The Morgan fingerprint density at radius 3 is 2.77 bits per heavy atom. The first-order chi connectivity index (χ1) is 10.5. The molecule has 0 aliphatic heterocycles. The summed E-state index contributed by atoms with van der Waals surface area (Å²) in [5, 5.41) is 11.9. The smallest absolute Gasteiger partial charge is 0.186 e. The Labute approximate surface area is 136 Å². The van der Waals surface area contributed by atoms with Crippen LogP contribution in [0, 0.1) is 13.8 Å². The number of rotatable bonds is 4. The summed E-state index contributed by atoms with van der Waals surface area (Å²) in [6.45, 7) is 8.39. The lowest BCUT2D eigenvalue weighted by atomic mass is 10.3. The van der Waals surface area contributed by atoms with Crippen molar-refractivity contribution >= 4 is 23.5 Å². The first-order valence-electron chi connectivity index (χ1n) is 7.19. The van der Waals surface area contributed by atoms with Crippen LogP contribution in [0.5, 0.6) is 0 Å². The average Bonchev–Trinajstić information content (AvgIpc) is 3.04. The maximum absolute atomic E-state index is 4.99. The zero-order valence-electron chi connectivity index (χ0n) is 13.6. The third-order valence-electron chi connectivity index (χ3n) is 3.43. The topological polar surface area (TPSA) is 59.2 Å². The minimum absolute atomic E-state index is 0.304. The summed E-state index contributed by atoms with van der Waals surface area (Å²) in [6.07, 6.45) is 3.60. The molecule has 0 aromatic carbocycles. The molecule has 0 amide bonds. The Hall–Kier alpha value is -2.15. The number of aromatic nitrogens is 3. The van der Waals surface area contributed by atoms with Gasteiger partial charge < -0.3 is 9.88 Å². The number of hydrogen-bond donors (Lipinski definition) is 2. The van der Waals surface area contributed by atoms with Gasteiger partial charge in [-0.15, -0.1) is 0 Å². The van der Waals surface area contributed by atoms with Gasteiger partial charge in [-0.3, -0.25) is 5.43 Å². The summed E-state index contributed by atoms with van der Waals surface area (Å²) in [5.41, 5.74) is 6.05. The van der Waals surface area contributed by atoms with Gasteiger partial charge in [0.25, 0.3) is 0 Å². The number of hydrazone groups is 1. The molecule has 0 unspecified atom stereocenters. The van der Waals surface area contributed by atoms with E-state index in [-0.39, 0.29) is 0 Å². The van der Waals surface area contributed by atoms with Crippen LogP contribution in [0.4, 0.5) is 0 Å². The molecule has 118 valence electrons. The van der Waals surface area contributed by atoms with Gasteiger partial charge in [0.1, 0.15) is 5.82 Å². The third kappa shape index (κ3) is 3.19. The first-order valence-corrected chi connectivity index (χ1v) is 7.60. The normalized spacial score (nSPS) is 11.4. The molecule has 6 nitrogen and oxygen atoms in total. The Morgan fingerprint density at radius 2 is 2.14 bits per heavy atom. The van der Waals surface area contributed by atoms with Crippen molar-refractivity contribution < 1.29 is 0 Å². The average molecular weight is 318 g/mol. The minimum Gasteiger partial charge on any atom is -0.364 e. The standard InChI is InChI=1S/C15H22N6S/c1-10(2)21-14(6-7-18-21)20-11(3)8-13(12(20)4)9-17-19-15(22)16-5/h6-10H,1-5H3,(H2,16,19,22)/b17-9-. The molecule has 2 N–H and O–H groups in total. The van der Waals surface area contributed by atoms with E-state index in [0.29, 0.717) is 11.2 Å². The van der Waals surface area contributed by atoms with E-state index in [0.717, 1.165) is 22.8 Å². The van der Waals surface area contributed by atoms with Gasteiger partial charge in [0, 0.05) is 36.1 Å².